The zero-order valence-electron chi connectivity index (χ0n) is 18.0. The molecule has 28 heavy (non-hydrogen) atoms. The molecule has 2 saturated heterocycles. The molecule has 0 aromatic carbocycles. The van der Waals surface area contributed by atoms with Crippen molar-refractivity contribution in [3.05, 3.63) is 0 Å². The van der Waals surface area contributed by atoms with Gasteiger partial charge in [0.2, 0.25) is 5.91 Å². The molecule has 2 fully saturated rings. The predicted molar refractivity (Wildman–Crippen MR) is 107 cm³/mol. The Morgan fingerprint density at radius 1 is 1.18 bits per heavy atom. The molecule has 2 amide bonds. The molecule has 7 heteroatoms. The second-order valence-corrected chi connectivity index (χ2v) is 8.75. The van der Waals surface area contributed by atoms with Crippen LogP contribution in [-0.2, 0) is 19.0 Å². The molecular formula is C21H38N2O5. The largest absolute Gasteiger partial charge is 0.444 e. The molecule has 2 aliphatic rings. The monoisotopic (exact) mass is 398 g/mol. The maximum absolute atomic E-state index is 12.4. The smallest absolute Gasteiger partial charge is 0.407 e. The van der Waals surface area contributed by atoms with E-state index in [1.807, 2.05) is 32.6 Å². The topological polar surface area (TPSA) is 77.1 Å². The van der Waals surface area contributed by atoms with Crippen molar-refractivity contribution in [3.63, 3.8) is 0 Å². The summed E-state index contributed by atoms with van der Waals surface area (Å²) in [6, 6.07) is -0.0259. The van der Waals surface area contributed by atoms with Gasteiger partial charge in [0, 0.05) is 39.3 Å². The quantitative estimate of drug-likeness (QED) is 0.667. The fourth-order valence-corrected chi connectivity index (χ4v) is 3.99. The maximum Gasteiger partial charge on any atom is 0.407 e. The van der Waals surface area contributed by atoms with E-state index in [0.717, 1.165) is 51.8 Å². The number of piperidine rings is 1. The summed E-state index contributed by atoms with van der Waals surface area (Å²) in [5, 5.41) is 3.02. The lowest BCUT2D eigenvalue weighted by Crippen LogP contribution is -2.53. The van der Waals surface area contributed by atoms with E-state index in [4.69, 9.17) is 14.2 Å². The number of likely N-dealkylation sites (tertiary alicyclic amines) is 1. The summed E-state index contributed by atoms with van der Waals surface area (Å²) in [5.41, 5.74) is -0.511. The van der Waals surface area contributed by atoms with Crippen molar-refractivity contribution < 1.29 is 23.8 Å². The Hall–Kier alpha value is -1.34. The lowest BCUT2D eigenvalue weighted by Gasteiger charge is -2.41. The molecule has 2 atom stereocenters. The maximum atomic E-state index is 12.4. The molecule has 2 heterocycles. The molecule has 0 aliphatic carbocycles. The zero-order chi connectivity index (χ0) is 20.6. The highest BCUT2D eigenvalue weighted by molar-refractivity contribution is 5.76. The SMILES string of the molecule is CCOCCCC(=O)N1CCC(C2OCCCC2NC(=O)OC(C)(C)C)CC1. The van der Waals surface area contributed by atoms with Gasteiger partial charge in [-0.25, -0.2) is 4.79 Å². The van der Waals surface area contributed by atoms with Gasteiger partial charge in [0.1, 0.15) is 5.60 Å². The molecule has 7 nitrogen and oxygen atoms in total. The van der Waals surface area contributed by atoms with E-state index in [-0.39, 0.29) is 24.1 Å². The van der Waals surface area contributed by atoms with Crippen molar-refractivity contribution >= 4 is 12.0 Å². The third-order valence-corrected chi connectivity index (χ3v) is 5.31. The first-order valence-electron chi connectivity index (χ1n) is 10.8. The summed E-state index contributed by atoms with van der Waals surface area (Å²) >= 11 is 0. The Balaban J connectivity index is 1.80. The Labute approximate surface area is 169 Å². The molecule has 2 aliphatic heterocycles. The van der Waals surface area contributed by atoms with Gasteiger partial charge in [-0.1, -0.05) is 0 Å². The number of rotatable bonds is 7. The van der Waals surface area contributed by atoms with Crippen LogP contribution in [0.25, 0.3) is 0 Å². The second-order valence-electron chi connectivity index (χ2n) is 8.75. The van der Waals surface area contributed by atoms with Crippen molar-refractivity contribution in [2.24, 2.45) is 5.92 Å². The molecule has 0 aromatic heterocycles. The standard InChI is InChI=1S/C21H38N2O5/c1-5-26-14-7-9-18(24)23-12-10-16(11-13-23)19-17(8-6-15-27-19)22-20(25)28-21(2,3)4/h16-17,19H,5-15H2,1-4H3,(H,22,25). The van der Waals surface area contributed by atoms with Crippen molar-refractivity contribution in [2.75, 3.05) is 32.9 Å². The third-order valence-electron chi connectivity index (χ3n) is 5.31. The van der Waals surface area contributed by atoms with E-state index in [2.05, 4.69) is 5.32 Å². The van der Waals surface area contributed by atoms with E-state index in [1.165, 1.54) is 0 Å². The van der Waals surface area contributed by atoms with Crippen LogP contribution in [0.3, 0.4) is 0 Å². The van der Waals surface area contributed by atoms with Gasteiger partial charge in [-0.3, -0.25) is 4.79 Å². The third kappa shape index (κ3) is 7.59. The van der Waals surface area contributed by atoms with Crippen LogP contribution in [0.15, 0.2) is 0 Å². The molecule has 0 radical (unpaired) electrons. The number of amides is 2. The number of nitrogens with zero attached hydrogens (tertiary/aromatic N) is 1. The number of alkyl carbamates (subject to hydrolysis) is 1. The normalized spacial score (nSPS) is 24.1. The van der Waals surface area contributed by atoms with Gasteiger partial charge in [0.25, 0.3) is 0 Å². The van der Waals surface area contributed by atoms with Gasteiger partial charge in [-0.2, -0.15) is 0 Å². The fourth-order valence-electron chi connectivity index (χ4n) is 3.99. The highest BCUT2D eigenvalue weighted by Gasteiger charge is 2.37. The Morgan fingerprint density at radius 3 is 2.54 bits per heavy atom. The summed E-state index contributed by atoms with van der Waals surface area (Å²) in [7, 11) is 0. The van der Waals surface area contributed by atoms with E-state index in [0.29, 0.717) is 25.6 Å². The number of ether oxygens (including phenoxy) is 3. The van der Waals surface area contributed by atoms with Gasteiger partial charge >= 0.3 is 6.09 Å². The van der Waals surface area contributed by atoms with Crippen molar-refractivity contribution in [3.8, 4) is 0 Å². The van der Waals surface area contributed by atoms with Crippen LogP contribution >= 0.6 is 0 Å². The summed E-state index contributed by atoms with van der Waals surface area (Å²) < 4.78 is 16.8. The van der Waals surface area contributed by atoms with Crippen LogP contribution in [0.2, 0.25) is 0 Å². The second kappa shape index (κ2) is 11.0. The van der Waals surface area contributed by atoms with Crippen LogP contribution in [0.1, 0.15) is 66.2 Å². The van der Waals surface area contributed by atoms with Crippen LogP contribution in [-0.4, -0.2) is 67.6 Å². The van der Waals surface area contributed by atoms with Crippen molar-refractivity contribution in [1.29, 1.82) is 0 Å². The first-order valence-corrected chi connectivity index (χ1v) is 10.8. The van der Waals surface area contributed by atoms with Crippen LogP contribution < -0.4 is 5.32 Å². The predicted octanol–water partition coefficient (Wildman–Crippen LogP) is 3.11. The Kier molecular flexibility index (Phi) is 9.02. The molecule has 2 unspecified atom stereocenters. The number of hydrogen-bond acceptors (Lipinski definition) is 5. The van der Waals surface area contributed by atoms with Crippen LogP contribution in [0, 0.1) is 5.92 Å². The minimum atomic E-state index is -0.511. The first kappa shape index (κ1) is 22.9. The van der Waals surface area contributed by atoms with Crippen molar-refractivity contribution in [1.82, 2.24) is 10.2 Å². The lowest BCUT2D eigenvalue weighted by atomic mass is 9.84. The van der Waals surface area contributed by atoms with Crippen molar-refractivity contribution in [2.45, 2.75) is 84.0 Å². The summed E-state index contributed by atoms with van der Waals surface area (Å²) in [5.74, 6) is 0.568. The van der Waals surface area contributed by atoms with E-state index in [9.17, 15) is 9.59 Å². The molecule has 2 rings (SSSR count). The zero-order valence-corrected chi connectivity index (χ0v) is 18.0. The fraction of sp³-hybridized carbons (Fsp3) is 0.905. The average molecular weight is 399 g/mol. The highest BCUT2D eigenvalue weighted by Crippen LogP contribution is 2.29. The molecular weight excluding hydrogens is 360 g/mol. The summed E-state index contributed by atoms with van der Waals surface area (Å²) in [6.07, 6.45) is 4.61. The summed E-state index contributed by atoms with van der Waals surface area (Å²) in [6.45, 7) is 11.1. The van der Waals surface area contributed by atoms with E-state index < -0.39 is 5.60 Å². The van der Waals surface area contributed by atoms with E-state index >= 15 is 0 Å². The molecule has 0 spiro atoms. The highest BCUT2D eigenvalue weighted by atomic mass is 16.6. The van der Waals surface area contributed by atoms with E-state index in [1.54, 1.807) is 0 Å². The molecule has 1 N–H and O–H groups in total. The summed E-state index contributed by atoms with van der Waals surface area (Å²) in [4.78, 5) is 26.5. The minimum absolute atomic E-state index is 0.00326. The molecule has 0 aromatic rings. The van der Waals surface area contributed by atoms with Gasteiger partial charge in [-0.15, -0.1) is 0 Å². The lowest BCUT2D eigenvalue weighted by molar-refractivity contribution is -0.134. The first-order chi connectivity index (χ1) is 13.3. The van der Waals surface area contributed by atoms with Crippen LogP contribution in [0.5, 0.6) is 0 Å². The average Bonchev–Trinajstić information content (AvgIpc) is 2.64. The number of nitrogens with one attached hydrogen (secondary N) is 1. The number of hydrogen-bond donors (Lipinski definition) is 1. The Bertz CT molecular complexity index is 498. The molecule has 0 saturated carbocycles. The minimum Gasteiger partial charge on any atom is -0.444 e. The van der Waals surface area contributed by atoms with Gasteiger partial charge < -0.3 is 24.4 Å². The molecule has 162 valence electrons. The number of carbonyl (C=O) groups is 2. The molecule has 0 bridgehead atoms. The number of carbonyl (C=O) groups excluding carboxylic acids is 2. The van der Waals surface area contributed by atoms with Gasteiger partial charge in [0.05, 0.1) is 12.1 Å². The Morgan fingerprint density at radius 2 is 1.89 bits per heavy atom. The van der Waals surface area contributed by atoms with Gasteiger partial charge in [-0.05, 0) is 65.7 Å². The van der Waals surface area contributed by atoms with Crippen LogP contribution in [0.4, 0.5) is 4.79 Å². The van der Waals surface area contributed by atoms with Gasteiger partial charge in [0.15, 0.2) is 0 Å².